The van der Waals surface area contributed by atoms with Crippen molar-refractivity contribution in [2.24, 2.45) is 0 Å². The van der Waals surface area contributed by atoms with E-state index in [1.54, 1.807) is 0 Å². The summed E-state index contributed by atoms with van der Waals surface area (Å²) in [5.74, 6) is 0. The Kier molecular flexibility index (Phi) is 2.75. The fourth-order valence-corrected chi connectivity index (χ4v) is 3.45. The van der Waals surface area contributed by atoms with Crippen molar-refractivity contribution in [3.8, 4) is 0 Å². The molecule has 0 radical (unpaired) electrons. The van der Waals surface area contributed by atoms with Crippen molar-refractivity contribution in [1.29, 1.82) is 0 Å². The molecule has 1 nitrogen and oxygen atoms in total. The average molecular weight is 416 g/mol. The fourth-order valence-electron chi connectivity index (χ4n) is 1.67. The second-order valence-electron chi connectivity index (χ2n) is 4.53. The molecular formula is C9H4ClF10NS2. The zero-order chi connectivity index (χ0) is 18.2. The molecule has 0 aliphatic rings. The molecule has 1 heterocycles. The third-order valence-electron chi connectivity index (χ3n) is 2.54. The van der Waals surface area contributed by atoms with Gasteiger partial charge in [-0.3, -0.25) is 0 Å². The third kappa shape index (κ3) is 3.71. The van der Waals surface area contributed by atoms with Crippen LogP contribution in [0.2, 0.25) is 5.02 Å². The SMILES string of the molecule is FS(F)(F)(F)(F)c1cc(Cl)c2cccc(S(F)(F)(F)(F)F)c2n1. The van der Waals surface area contributed by atoms with Gasteiger partial charge < -0.3 is 0 Å². The number of pyridine rings is 1. The molecular weight excluding hydrogens is 412 g/mol. The second-order valence-corrected chi connectivity index (χ2v) is 9.67. The van der Waals surface area contributed by atoms with E-state index in [0.717, 1.165) is 0 Å². The lowest BCUT2D eigenvalue weighted by atomic mass is 10.2. The summed E-state index contributed by atoms with van der Waals surface area (Å²) in [7, 11) is -21.0. The van der Waals surface area contributed by atoms with Crippen molar-refractivity contribution in [1.82, 2.24) is 4.98 Å². The molecule has 0 N–H and O–H groups in total. The fraction of sp³-hybridized carbons (Fsp3) is 0. The van der Waals surface area contributed by atoms with Crippen molar-refractivity contribution >= 4 is 43.0 Å². The van der Waals surface area contributed by atoms with Crippen LogP contribution in [-0.2, 0) is 0 Å². The van der Waals surface area contributed by atoms with Crippen LogP contribution in [0.15, 0.2) is 34.2 Å². The zero-order valence-electron chi connectivity index (χ0n) is 10.2. The number of benzene rings is 1. The molecule has 2 aromatic rings. The summed E-state index contributed by atoms with van der Waals surface area (Å²) in [6, 6.07) is 0.443. The largest absolute Gasteiger partial charge is 0.325 e. The number of aromatic nitrogens is 1. The van der Waals surface area contributed by atoms with Crippen molar-refractivity contribution in [3.05, 3.63) is 29.3 Å². The third-order valence-corrected chi connectivity index (χ3v) is 5.01. The van der Waals surface area contributed by atoms with Crippen LogP contribution < -0.4 is 0 Å². The summed E-state index contributed by atoms with van der Waals surface area (Å²) >= 11 is 5.25. The van der Waals surface area contributed by atoms with Gasteiger partial charge in [0.05, 0.1) is 10.5 Å². The number of hydrogen-bond donors (Lipinski definition) is 0. The van der Waals surface area contributed by atoms with Gasteiger partial charge >= 0.3 is 20.4 Å². The summed E-state index contributed by atoms with van der Waals surface area (Å²) in [6.45, 7) is 0. The molecule has 0 saturated heterocycles. The van der Waals surface area contributed by atoms with E-state index in [9.17, 15) is 38.9 Å². The number of rotatable bonds is 2. The highest BCUT2D eigenvalue weighted by Crippen LogP contribution is 3.03. The number of para-hydroxylation sites is 1. The van der Waals surface area contributed by atoms with E-state index >= 15 is 0 Å². The maximum atomic E-state index is 12.9. The molecule has 14 heteroatoms. The first-order valence-corrected chi connectivity index (χ1v) is 9.44. The highest BCUT2D eigenvalue weighted by molar-refractivity contribution is 8.46. The molecule has 0 atom stereocenters. The smallest absolute Gasteiger partial charge is 0.231 e. The van der Waals surface area contributed by atoms with Crippen LogP contribution in [0.5, 0.6) is 0 Å². The number of halogens is 11. The first-order chi connectivity index (χ1) is 9.58. The minimum atomic E-state index is -10.5. The van der Waals surface area contributed by atoms with Gasteiger partial charge in [-0.1, -0.05) is 62.6 Å². The Morgan fingerprint density at radius 1 is 0.783 bits per heavy atom. The van der Waals surface area contributed by atoms with Gasteiger partial charge in [0.15, 0.2) is 5.03 Å². The molecule has 0 aliphatic heterocycles. The predicted molar refractivity (Wildman–Crippen MR) is 69.5 cm³/mol. The topological polar surface area (TPSA) is 12.9 Å². The highest BCUT2D eigenvalue weighted by atomic mass is 35.5. The number of nitrogens with zero attached hydrogens (tertiary/aromatic N) is 1. The maximum Gasteiger partial charge on any atom is 0.325 e. The molecule has 2 rings (SSSR count). The van der Waals surface area contributed by atoms with Crippen LogP contribution in [0, 0.1) is 0 Å². The Morgan fingerprint density at radius 3 is 1.74 bits per heavy atom. The minimum Gasteiger partial charge on any atom is -0.231 e. The first-order valence-electron chi connectivity index (χ1n) is 5.16. The Balaban J connectivity index is 3.07. The lowest BCUT2D eigenvalue weighted by Crippen LogP contribution is -2.11. The van der Waals surface area contributed by atoms with Gasteiger partial charge in [-0.25, -0.2) is 4.98 Å². The van der Waals surface area contributed by atoms with Gasteiger partial charge in [0.2, 0.25) is 0 Å². The van der Waals surface area contributed by atoms with Crippen molar-refractivity contribution in [2.45, 2.75) is 9.92 Å². The molecule has 0 fully saturated rings. The van der Waals surface area contributed by atoms with E-state index in [-0.39, 0.29) is 6.07 Å². The summed E-state index contributed by atoms with van der Waals surface area (Å²) < 4.78 is 128. The zero-order valence-corrected chi connectivity index (χ0v) is 12.6. The van der Waals surface area contributed by atoms with Crippen LogP contribution in [0.1, 0.15) is 0 Å². The summed E-state index contributed by atoms with van der Waals surface area (Å²) in [6.07, 6.45) is 0. The van der Waals surface area contributed by atoms with E-state index in [1.165, 1.54) is 0 Å². The van der Waals surface area contributed by atoms with Crippen LogP contribution >= 0.6 is 32.0 Å². The first kappa shape index (κ1) is 18.3. The van der Waals surface area contributed by atoms with Gasteiger partial charge in [-0.05, 0) is 12.1 Å². The molecule has 1 aromatic heterocycles. The Bertz CT molecular complexity index is 843. The molecule has 0 aliphatic carbocycles. The molecule has 0 bridgehead atoms. The summed E-state index contributed by atoms with van der Waals surface area (Å²) in [5, 5.41) is -5.22. The lowest BCUT2D eigenvalue weighted by Gasteiger charge is -2.42. The van der Waals surface area contributed by atoms with Crippen molar-refractivity contribution in [3.63, 3.8) is 0 Å². The molecule has 134 valence electrons. The van der Waals surface area contributed by atoms with Crippen molar-refractivity contribution < 1.29 is 38.9 Å². The van der Waals surface area contributed by atoms with Gasteiger partial charge in [-0.15, -0.1) is 0 Å². The van der Waals surface area contributed by atoms with Gasteiger partial charge in [0.25, 0.3) is 0 Å². The van der Waals surface area contributed by atoms with E-state index in [4.69, 9.17) is 11.6 Å². The normalized spacial score (nSPS) is 19.6. The minimum absolute atomic E-state index is 0.248. The van der Waals surface area contributed by atoms with Crippen molar-refractivity contribution in [2.75, 3.05) is 0 Å². The lowest BCUT2D eigenvalue weighted by molar-refractivity contribution is 0.355. The quantitative estimate of drug-likeness (QED) is 0.450. The van der Waals surface area contributed by atoms with Gasteiger partial charge in [0.1, 0.15) is 4.90 Å². The standard InChI is InChI=1S/C9H4ClF10NS2/c10-6-4-8(23(16,17,18,19)20)21-9-5(6)2-1-3-7(9)22(11,12,13,14)15/h1-4H. The number of fused-ring (bicyclic) bond motifs is 1. The molecule has 0 spiro atoms. The highest BCUT2D eigenvalue weighted by Gasteiger charge is 2.69. The van der Waals surface area contributed by atoms with Crippen LogP contribution in [-0.4, -0.2) is 4.98 Å². The van der Waals surface area contributed by atoms with Crippen LogP contribution in [0.3, 0.4) is 0 Å². The summed E-state index contributed by atoms with van der Waals surface area (Å²) in [5.41, 5.74) is -2.00. The van der Waals surface area contributed by atoms with E-state index in [1.807, 2.05) is 0 Å². The molecule has 0 amide bonds. The predicted octanol–water partition coefficient (Wildman–Crippen LogP) is 8.20. The van der Waals surface area contributed by atoms with E-state index in [0.29, 0.717) is 12.1 Å². The molecule has 23 heavy (non-hydrogen) atoms. The summed E-state index contributed by atoms with van der Waals surface area (Å²) in [4.78, 5) is -0.696. The number of hydrogen-bond acceptors (Lipinski definition) is 1. The molecule has 0 saturated carbocycles. The van der Waals surface area contributed by atoms with Gasteiger partial charge in [0, 0.05) is 5.39 Å². The van der Waals surface area contributed by atoms with Crippen LogP contribution in [0.25, 0.3) is 10.9 Å². The Morgan fingerprint density at radius 2 is 1.30 bits per heavy atom. The van der Waals surface area contributed by atoms with Gasteiger partial charge in [-0.2, -0.15) is 0 Å². The molecule has 0 unspecified atom stereocenters. The second kappa shape index (κ2) is 3.47. The molecule has 1 aromatic carbocycles. The monoisotopic (exact) mass is 415 g/mol. The Labute approximate surface area is 126 Å². The van der Waals surface area contributed by atoms with E-state index in [2.05, 4.69) is 4.98 Å². The van der Waals surface area contributed by atoms with Crippen LogP contribution in [0.4, 0.5) is 38.9 Å². The van der Waals surface area contributed by atoms with E-state index < -0.39 is 52.4 Å². The Hall–Kier alpha value is -1.08. The average Bonchev–Trinajstić information content (AvgIpc) is 2.21. The maximum absolute atomic E-state index is 12.9.